The third-order valence-corrected chi connectivity index (χ3v) is 2.25. The van der Waals surface area contributed by atoms with Gasteiger partial charge in [0.05, 0.1) is 6.42 Å². The number of hydrogen-bond acceptors (Lipinski definition) is 2. The maximum absolute atomic E-state index is 10.6. The molecule has 80 valence electrons. The summed E-state index contributed by atoms with van der Waals surface area (Å²) in [6.07, 6.45) is 1.11. The van der Waals surface area contributed by atoms with Gasteiger partial charge in [-0.05, 0) is 18.9 Å². The van der Waals surface area contributed by atoms with Gasteiger partial charge in [0.2, 0.25) is 0 Å². The maximum Gasteiger partial charge on any atom is 0.304 e. The Kier molecular flexibility index (Phi) is 4.03. The molecule has 0 spiro atoms. The Balaban J connectivity index is 2.62. The van der Waals surface area contributed by atoms with Crippen LogP contribution in [0.5, 0.6) is 0 Å². The number of hydrogen-bond donors (Lipinski definition) is 1. The SMILES string of the molecule is Cc1ccc(CC(C=O)CC(=O)O)cc1. The molecule has 0 saturated heterocycles. The second-order valence-corrected chi connectivity index (χ2v) is 3.68. The largest absolute Gasteiger partial charge is 0.481 e. The Hall–Kier alpha value is -1.64. The molecule has 0 aliphatic rings. The molecule has 1 rings (SSSR count). The van der Waals surface area contributed by atoms with Gasteiger partial charge >= 0.3 is 5.97 Å². The van der Waals surface area contributed by atoms with Gasteiger partial charge in [-0.3, -0.25) is 4.79 Å². The highest BCUT2D eigenvalue weighted by molar-refractivity contribution is 5.72. The molecule has 0 aliphatic heterocycles. The highest BCUT2D eigenvalue weighted by atomic mass is 16.4. The number of carboxylic acid groups (broad SMARTS) is 1. The van der Waals surface area contributed by atoms with E-state index in [1.807, 2.05) is 31.2 Å². The van der Waals surface area contributed by atoms with E-state index in [-0.39, 0.29) is 6.42 Å². The van der Waals surface area contributed by atoms with Crippen molar-refractivity contribution in [2.75, 3.05) is 0 Å². The lowest BCUT2D eigenvalue weighted by atomic mass is 9.97. The van der Waals surface area contributed by atoms with Crippen LogP contribution in [-0.4, -0.2) is 17.4 Å². The predicted octanol–water partition coefficient (Wildman–Crippen LogP) is 1.83. The van der Waals surface area contributed by atoms with Crippen LogP contribution in [0.3, 0.4) is 0 Å². The predicted molar refractivity (Wildman–Crippen MR) is 56.7 cm³/mol. The number of aryl methyl sites for hydroxylation is 1. The minimum atomic E-state index is -0.931. The topological polar surface area (TPSA) is 54.4 Å². The lowest BCUT2D eigenvalue weighted by molar-refractivity contribution is -0.139. The van der Waals surface area contributed by atoms with E-state index >= 15 is 0 Å². The smallest absolute Gasteiger partial charge is 0.304 e. The van der Waals surface area contributed by atoms with Crippen LogP contribution < -0.4 is 0 Å². The van der Waals surface area contributed by atoms with Crippen LogP contribution in [0.15, 0.2) is 24.3 Å². The molecule has 1 aromatic rings. The molecule has 0 heterocycles. The molecule has 3 heteroatoms. The Morgan fingerprint density at radius 1 is 1.40 bits per heavy atom. The van der Waals surface area contributed by atoms with E-state index < -0.39 is 11.9 Å². The molecule has 0 radical (unpaired) electrons. The van der Waals surface area contributed by atoms with Gasteiger partial charge in [0.25, 0.3) is 0 Å². The molecule has 0 aromatic heterocycles. The standard InChI is InChI=1S/C12H14O3/c1-9-2-4-10(5-3-9)6-11(8-13)7-12(14)15/h2-5,8,11H,6-7H2,1H3,(H,14,15). The first kappa shape index (κ1) is 11.4. The summed E-state index contributed by atoms with van der Waals surface area (Å²) in [5.41, 5.74) is 2.15. The number of carbonyl (C=O) groups is 2. The van der Waals surface area contributed by atoms with Gasteiger partial charge in [-0.2, -0.15) is 0 Å². The first-order valence-corrected chi connectivity index (χ1v) is 4.84. The quantitative estimate of drug-likeness (QED) is 0.748. The van der Waals surface area contributed by atoms with E-state index in [0.717, 1.165) is 11.1 Å². The molecule has 0 amide bonds. The molecular weight excluding hydrogens is 192 g/mol. The number of carbonyl (C=O) groups excluding carboxylic acids is 1. The fraction of sp³-hybridized carbons (Fsp3) is 0.333. The first-order chi connectivity index (χ1) is 7.11. The van der Waals surface area contributed by atoms with Crippen LogP contribution >= 0.6 is 0 Å². The summed E-state index contributed by atoms with van der Waals surface area (Å²) in [7, 11) is 0. The zero-order valence-electron chi connectivity index (χ0n) is 8.64. The number of carboxylic acids is 1. The van der Waals surface area contributed by atoms with Gasteiger partial charge in [0.15, 0.2) is 0 Å². The van der Waals surface area contributed by atoms with Crippen LogP contribution in [-0.2, 0) is 16.0 Å². The van der Waals surface area contributed by atoms with E-state index in [0.29, 0.717) is 12.7 Å². The van der Waals surface area contributed by atoms with Gasteiger partial charge in [0, 0.05) is 5.92 Å². The molecule has 3 nitrogen and oxygen atoms in total. The molecule has 0 bridgehead atoms. The second kappa shape index (κ2) is 5.29. The van der Waals surface area contributed by atoms with Crippen LogP contribution in [0, 0.1) is 12.8 Å². The number of rotatable bonds is 5. The zero-order chi connectivity index (χ0) is 11.3. The van der Waals surface area contributed by atoms with Crippen LogP contribution in [0.1, 0.15) is 17.5 Å². The number of aldehydes is 1. The van der Waals surface area contributed by atoms with Crippen molar-refractivity contribution in [1.29, 1.82) is 0 Å². The van der Waals surface area contributed by atoms with Crippen molar-refractivity contribution in [2.45, 2.75) is 19.8 Å². The molecule has 1 aromatic carbocycles. The van der Waals surface area contributed by atoms with Gasteiger partial charge in [-0.15, -0.1) is 0 Å². The molecule has 0 fully saturated rings. The molecule has 15 heavy (non-hydrogen) atoms. The van der Waals surface area contributed by atoms with E-state index in [2.05, 4.69) is 0 Å². The van der Waals surface area contributed by atoms with Crippen molar-refractivity contribution in [3.8, 4) is 0 Å². The third kappa shape index (κ3) is 3.94. The molecule has 1 atom stereocenters. The summed E-state index contributed by atoms with van der Waals surface area (Å²) in [6, 6.07) is 7.76. The molecular formula is C12H14O3. The summed E-state index contributed by atoms with van der Waals surface area (Å²) in [6.45, 7) is 1.98. The summed E-state index contributed by atoms with van der Waals surface area (Å²) < 4.78 is 0. The highest BCUT2D eigenvalue weighted by Gasteiger charge is 2.12. The molecule has 0 saturated carbocycles. The molecule has 0 aliphatic carbocycles. The highest BCUT2D eigenvalue weighted by Crippen LogP contribution is 2.11. The van der Waals surface area contributed by atoms with E-state index in [9.17, 15) is 9.59 Å². The van der Waals surface area contributed by atoms with Gasteiger partial charge < -0.3 is 9.90 Å². The minimum absolute atomic E-state index is 0.0998. The van der Waals surface area contributed by atoms with Crippen molar-refractivity contribution >= 4 is 12.3 Å². The van der Waals surface area contributed by atoms with Crippen molar-refractivity contribution < 1.29 is 14.7 Å². The Morgan fingerprint density at radius 3 is 2.47 bits per heavy atom. The Morgan fingerprint density at radius 2 is 2.00 bits per heavy atom. The minimum Gasteiger partial charge on any atom is -0.481 e. The molecule has 1 N–H and O–H groups in total. The van der Waals surface area contributed by atoms with E-state index in [1.54, 1.807) is 0 Å². The molecule has 1 unspecified atom stereocenters. The Bertz CT molecular complexity index is 340. The van der Waals surface area contributed by atoms with E-state index in [1.165, 1.54) is 0 Å². The fourth-order valence-corrected chi connectivity index (χ4v) is 1.42. The van der Waals surface area contributed by atoms with Crippen molar-refractivity contribution in [3.05, 3.63) is 35.4 Å². The van der Waals surface area contributed by atoms with Crippen LogP contribution in [0.2, 0.25) is 0 Å². The van der Waals surface area contributed by atoms with Crippen molar-refractivity contribution in [3.63, 3.8) is 0 Å². The van der Waals surface area contributed by atoms with Crippen LogP contribution in [0.25, 0.3) is 0 Å². The Labute approximate surface area is 88.7 Å². The normalized spacial score (nSPS) is 12.1. The lowest BCUT2D eigenvalue weighted by Gasteiger charge is -2.07. The van der Waals surface area contributed by atoms with Crippen molar-refractivity contribution in [1.82, 2.24) is 0 Å². The van der Waals surface area contributed by atoms with Crippen LogP contribution in [0.4, 0.5) is 0 Å². The maximum atomic E-state index is 10.6. The van der Waals surface area contributed by atoms with E-state index in [4.69, 9.17) is 5.11 Å². The van der Waals surface area contributed by atoms with Gasteiger partial charge in [0.1, 0.15) is 6.29 Å². The fourth-order valence-electron chi connectivity index (χ4n) is 1.42. The second-order valence-electron chi connectivity index (χ2n) is 3.68. The zero-order valence-corrected chi connectivity index (χ0v) is 8.64. The summed E-state index contributed by atoms with van der Waals surface area (Å²) in [4.78, 5) is 21.1. The van der Waals surface area contributed by atoms with Gasteiger partial charge in [-0.1, -0.05) is 29.8 Å². The van der Waals surface area contributed by atoms with Crippen molar-refractivity contribution in [2.24, 2.45) is 5.92 Å². The monoisotopic (exact) mass is 206 g/mol. The number of benzene rings is 1. The van der Waals surface area contributed by atoms with Gasteiger partial charge in [-0.25, -0.2) is 0 Å². The number of aliphatic carboxylic acids is 1. The average Bonchev–Trinajstić information content (AvgIpc) is 2.19. The lowest BCUT2D eigenvalue weighted by Crippen LogP contribution is -2.11. The summed E-state index contributed by atoms with van der Waals surface area (Å²) in [5, 5.41) is 8.58. The first-order valence-electron chi connectivity index (χ1n) is 4.84. The summed E-state index contributed by atoms with van der Waals surface area (Å²) in [5.74, 6) is -1.36. The third-order valence-electron chi connectivity index (χ3n) is 2.25. The average molecular weight is 206 g/mol. The summed E-state index contributed by atoms with van der Waals surface area (Å²) >= 11 is 0.